The average molecular weight is 520 g/mol. The molecule has 11 nitrogen and oxygen atoms in total. The second-order valence-corrected chi connectivity index (χ2v) is 8.82. The number of imidazole rings is 1. The van der Waals surface area contributed by atoms with Gasteiger partial charge in [-0.1, -0.05) is 6.92 Å². The topological polar surface area (TPSA) is 148 Å². The van der Waals surface area contributed by atoms with Crippen molar-refractivity contribution in [2.75, 3.05) is 37.9 Å². The smallest absolute Gasteiger partial charge is 0.251 e. The Morgan fingerprint density at radius 1 is 1.30 bits per heavy atom. The van der Waals surface area contributed by atoms with Crippen molar-refractivity contribution in [2.24, 2.45) is 5.73 Å². The van der Waals surface area contributed by atoms with Crippen LogP contribution in [-0.4, -0.2) is 62.6 Å². The number of ether oxygens (including phenoxy) is 1. The fraction of sp³-hybridized carbons (Fsp3) is 0.320. The highest BCUT2D eigenvalue weighted by Crippen LogP contribution is 2.31. The van der Waals surface area contributed by atoms with Gasteiger partial charge in [0, 0.05) is 42.9 Å². The summed E-state index contributed by atoms with van der Waals surface area (Å²) < 4.78 is 8.88. The number of hydrogen-bond donors (Lipinski definition) is 3. The SMILES string of the molecule is CCc1cc(Nc2nccn3c(-c4cn(CC#N)nc4SC)cnc23)ccc1C(=O)NCCOCCN. The number of nitriles is 1. The maximum atomic E-state index is 12.7. The van der Waals surface area contributed by atoms with Gasteiger partial charge in [-0.15, -0.1) is 11.8 Å². The summed E-state index contributed by atoms with van der Waals surface area (Å²) in [5.74, 6) is 0.444. The van der Waals surface area contributed by atoms with Crippen LogP contribution in [0.25, 0.3) is 16.9 Å². The monoisotopic (exact) mass is 519 g/mol. The third kappa shape index (κ3) is 5.91. The first kappa shape index (κ1) is 26.2. The molecule has 3 aromatic heterocycles. The van der Waals surface area contributed by atoms with Crippen LogP contribution < -0.4 is 16.4 Å². The molecule has 4 rings (SSSR count). The van der Waals surface area contributed by atoms with Crippen LogP contribution in [0, 0.1) is 11.3 Å². The lowest BCUT2D eigenvalue weighted by molar-refractivity contribution is 0.0919. The first-order valence-electron chi connectivity index (χ1n) is 11.9. The Morgan fingerprint density at radius 2 is 2.16 bits per heavy atom. The molecule has 1 aromatic carbocycles. The summed E-state index contributed by atoms with van der Waals surface area (Å²) in [4.78, 5) is 21.8. The van der Waals surface area contributed by atoms with E-state index in [0.29, 0.717) is 49.8 Å². The van der Waals surface area contributed by atoms with Crippen LogP contribution in [-0.2, 0) is 17.7 Å². The summed E-state index contributed by atoms with van der Waals surface area (Å²) in [7, 11) is 0. The lowest BCUT2D eigenvalue weighted by Crippen LogP contribution is -2.28. The number of rotatable bonds is 12. The minimum atomic E-state index is -0.139. The minimum absolute atomic E-state index is 0.139. The van der Waals surface area contributed by atoms with E-state index in [4.69, 9.17) is 15.7 Å². The van der Waals surface area contributed by atoms with E-state index in [1.807, 2.05) is 48.2 Å². The van der Waals surface area contributed by atoms with Gasteiger partial charge >= 0.3 is 0 Å². The number of thioether (sulfide) groups is 1. The normalized spacial score (nSPS) is 11.0. The van der Waals surface area contributed by atoms with Gasteiger partial charge in [-0.3, -0.25) is 13.9 Å². The van der Waals surface area contributed by atoms with Crippen LogP contribution in [0.5, 0.6) is 0 Å². The zero-order chi connectivity index (χ0) is 26.2. The molecule has 4 N–H and O–H groups in total. The summed E-state index contributed by atoms with van der Waals surface area (Å²) in [6.07, 6.45) is 9.82. The van der Waals surface area contributed by atoms with Gasteiger partial charge in [-0.2, -0.15) is 10.4 Å². The molecule has 4 aromatic rings. The van der Waals surface area contributed by atoms with Gasteiger partial charge in [0.15, 0.2) is 11.5 Å². The molecule has 0 aliphatic rings. The predicted octanol–water partition coefficient (Wildman–Crippen LogP) is 2.85. The second kappa shape index (κ2) is 12.4. The molecule has 0 radical (unpaired) electrons. The molecular formula is C25H29N9O2S. The van der Waals surface area contributed by atoms with Crippen molar-refractivity contribution in [3.63, 3.8) is 0 Å². The largest absolute Gasteiger partial charge is 0.378 e. The first-order valence-corrected chi connectivity index (χ1v) is 13.1. The summed E-state index contributed by atoms with van der Waals surface area (Å²) in [5, 5.41) is 20.6. The van der Waals surface area contributed by atoms with Crippen molar-refractivity contribution >= 4 is 34.8 Å². The summed E-state index contributed by atoms with van der Waals surface area (Å²) in [5.41, 5.74) is 10.1. The number of aromatic nitrogens is 5. The van der Waals surface area contributed by atoms with Gasteiger partial charge in [-0.25, -0.2) is 9.97 Å². The van der Waals surface area contributed by atoms with Crippen LogP contribution in [0.1, 0.15) is 22.8 Å². The predicted molar refractivity (Wildman–Crippen MR) is 143 cm³/mol. The van der Waals surface area contributed by atoms with E-state index in [-0.39, 0.29) is 12.5 Å². The number of carbonyl (C=O) groups is 1. The summed E-state index contributed by atoms with van der Waals surface area (Å²) in [6, 6.07) is 7.73. The van der Waals surface area contributed by atoms with Gasteiger partial charge in [0.2, 0.25) is 0 Å². The fourth-order valence-electron chi connectivity index (χ4n) is 3.93. The molecule has 0 saturated heterocycles. The summed E-state index contributed by atoms with van der Waals surface area (Å²) in [6.45, 7) is 3.95. The van der Waals surface area contributed by atoms with Crippen molar-refractivity contribution in [3.05, 3.63) is 54.1 Å². The highest BCUT2D eigenvalue weighted by molar-refractivity contribution is 7.98. The number of benzene rings is 1. The molecule has 0 unspecified atom stereocenters. The Balaban J connectivity index is 1.56. The molecule has 0 spiro atoms. The van der Waals surface area contributed by atoms with Crippen LogP contribution in [0.4, 0.5) is 11.5 Å². The van der Waals surface area contributed by atoms with Crippen LogP contribution in [0.2, 0.25) is 0 Å². The van der Waals surface area contributed by atoms with Crippen molar-refractivity contribution in [1.29, 1.82) is 5.26 Å². The highest BCUT2D eigenvalue weighted by atomic mass is 32.2. The number of anilines is 2. The van der Waals surface area contributed by atoms with E-state index >= 15 is 0 Å². The Morgan fingerprint density at radius 3 is 2.92 bits per heavy atom. The Bertz CT molecular complexity index is 1420. The molecule has 0 bridgehead atoms. The number of fused-ring (bicyclic) bond motifs is 1. The van der Waals surface area contributed by atoms with Gasteiger partial charge in [0.05, 0.1) is 36.7 Å². The average Bonchev–Trinajstić information content (AvgIpc) is 3.53. The summed E-state index contributed by atoms with van der Waals surface area (Å²) >= 11 is 1.51. The number of aryl methyl sites for hydroxylation is 1. The molecule has 0 aliphatic carbocycles. The fourth-order valence-corrected chi connectivity index (χ4v) is 4.49. The van der Waals surface area contributed by atoms with Crippen LogP contribution >= 0.6 is 11.8 Å². The molecular weight excluding hydrogens is 490 g/mol. The Kier molecular flexibility index (Phi) is 8.73. The standard InChI is InChI=1S/C25H29N9O2S/c1-3-17-14-18(4-5-19(17)24(35)29-9-13-36-12-7-27)31-22-23-30-15-21(34(23)11-8-28-22)20-16-33(10-6-26)32-25(20)37-2/h4-5,8,11,14-16H,3,7,9-10,12-13,27H2,1-2H3,(H,28,31)(H,29,35). The minimum Gasteiger partial charge on any atom is -0.378 e. The first-order chi connectivity index (χ1) is 18.1. The molecule has 0 saturated carbocycles. The number of hydrogen-bond acceptors (Lipinski definition) is 9. The zero-order valence-electron chi connectivity index (χ0n) is 20.8. The van der Waals surface area contributed by atoms with E-state index in [2.05, 4.69) is 31.8 Å². The van der Waals surface area contributed by atoms with Gasteiger partial charge < -0.3 is 21.1 Å². The Hall–Kier alpha value is -3.92. The quantitative estimate of drug-likeness (QED) is 0.190. The van der Waals surface area contributed by atoms with Gasteiger partial charge in [0.25, 0.3) is 5.91 Å². The highest BCUT2D eigenvalue weighted by Gasteiger charge is 2.17. The zero-order valence-corrected chi connectivity index (χ0v) is 21.6. The molecule has 37 heavy (non-hydrogen) atoms. The lowest BCUT2D eigenvalue weighted by Gasteiger charge is -2.13. The molecule has 1 amide bonds. The van der Waals surface area contributed by atoms with E-state index in [0.717, 1.165) is 27.5 Å². The molecule has 0 atom stereocenters. The molecule has 0 fully saturated rings. The van der Waals surface area contributed by atoms with Crippen LogP contribution in [0.3, 0.4) is 0 Å². The third-order valence-electron chi connectivity index (χ3n) is 5.65. The number of nitrogens with two attached hydrogens (primary N) is 1. The van der Waals surface area contributed by atoms with E-state index in [1.54, 1.807) is 17.1 Å². The third-order valence-corrected chi connectivity index (χ3v) is 6.33. The van der Waals surface area contributed by atoms with Crippen molar-refractivity contribution in [3.8, 4) is 17.3 Å². The van der Waals surface area contributed by atoms with Gasteiger partial charge in [0.1, 0.15) is 11.6 Å². The van der Waals surface area contributed by atoms with E-state index in [1.165, 1.54) is 11.8 Å². The van der Waals surface area contributed by atoms with Gasteiger partial charge in [-0.05, 0) is 36.4 Å². The van der Waals surface area contributed by atoms with Crippen molar-refractivity contribution in [1.82, 2.24) is 29.5 Å². The molecule has 3 heterocycles. The second-order valence-electron chi connectivity index (χ2n) is 8.03. The number of amides is 1. The van der Waals surface area contributed by atoms with Crippen molar-refractivity contribution in [2.45, 2.75) is 24.9 Å². The van der Waals surface area contributed by atoms with Crippen LogP contribution in [0.15, 0.2) is 48.0 Å². The molecule has 192 valence electrons. The maximum absolute atomic E-state index is 12.7. The molecule has 12 heteroatoms. The number of nitrogens with zero attached hydrogens (tertiary/aromatic N) is 6. The Labute approximate surface area is 219 Å². The van der Waals surface area contributed by atoms with E-state index < -0.39 is 0 Å². The maximum Gasteiger partial charge on any atom is 0.251 e. The number of nitrogens with one attached hydrogen (secondary N) is 2. The lowest BCUT2D eigenvalue weighted by atomic mass is 10.0. The molecule has 0 aliphatic heterocycles. The van der Waals surface area contributed by atoms with Crippen molar-refractivity contribution < 1.29 is 9.53 Å². The van der Waals surface area contributed by atoms with E-state index in [9.17, 15) is 4.79 Å². The number of carbonyl (C=O) groups excluding carboxylic acids is 1.